The highest BCUT2D eigenvalue weighted by atomic mass is 14.7. The Morgan fingerprint density at radius 1 is 1.46 bits per heavy atom. The molecular weight excluding hydrogens is 158 g/mol. The van der Waals surface area contributed by atoms with Crippen LogP contribution in [0.5, 0.6) is 0 Å². The Morgan fingerprint density at radius 2 is 2.15 bits per heavy atom. The number of aromatic amines is 1. The molecular formula is C12H17N. The second-order valence-electron chi connectivity index (χ2n) is 3.63. The predicted octanol–water partition coefficient (Wildman–Crippen LogP) is 3.64. The maximum atomic E-state index is 3.77. The fraction of sp³-hybridized carbons (Fsp3) is 0.333. The molecule has 0 amide bonds. The van der Waals surface area contributed by atoms with Gasteiger partial charge in [-0.1, -0.05) is 32.6 Å². The molecule has 0 aliphatic carbocycles. The lowest BCUT2D eigenvalue weighted by Gasteiger charge is -1.94. The summed E-state index contributed by atoms with van der Waals surface area (Å²) >= 11 is 0. The molecule has 1 aromatic rings. The molecule has 1 nitrogen and oxygen atoms in total. The van der Waals surface area contributed by atoms with Crippen molar-refractivity contribution in [3.05, 3.63) is 35.7 Å². The molecule has 0 unspecified atom stereocenters. The van der Waals surface area contributed by atoms with Gasteiger partial charge in [0.25, 0.3) is 0 Å². The van der Waals surface area contributed by atoms with E-state index < -0.39 is 0 Å². The van der Waals surface area contributed by atoms with Crippen molar-refractivity contribution in [1.29, 1.82) is 0 Å². The van der Waals surface area contributed by atoms with E-state index in [1.54, 1.807) is 0 Å². The maximum absolute atomic E-state index is 3.77. The largest absolute Gasteiger partial charge is 0.359 e. The van der Waals surface area contributed by atoms with Gasteiger partial charge in [-0.15, -0.1) is 0 Å². The summed E-state index contributed by atoms with van der Waals surface area (Å²) in [6.45, 7) is 10.2. The second kappa shape index (κ2) is 4.13. The van der Waals surface area contributed by atoms with Gasteiger partial charge in [0.05, 0.1) is 0 Å². The summed E-state index contributed by atoms with van der Waals surface area (Å²) in [5.41, 5.74) is 3.51. The Labute approximate surface area is 80.2 Å². The number of hydrogen-bond donors (Lipinski definition) is 1. The molecule has 0 aromatic carbocycles. The van der Waals surface area contributed by atoms with E-state index in [4.69, 9.17) is 0 Å². The van der Waals surface area contributed by atoms with E-state index in [1.807, 2.05) is 6.08 Å². The maximum Gasteiger partial charge on any atom is 0.0449 e. The van der Waals surface area contributed by atoms with Crippen LogP contribution in [-0.4, -0.2) is 4.98 Å². The van der Waals surface area contributed by atoms with Crippen LogP contribution in [0.1, 0.15) is 30.8 Å². The number of nitrogens with one attached hydrogen (secondary N) is 1. The molecule has 1 heterocycles. The van der Waals surface area contributed by atoms with Crippen molar-refractivity contribution in [2.75, 3.05) is 0 Å². The van der Waals surface area contributed by atoms with E-state index in [-0.39, 0.29) is 0 Å². The van der Waals surface area contributed by atoms with Gasteiger partial charge in [0.2, 0.25) is 0 Å². The number of rotatable bonds is 3. The standard InChI is InChI=1S/C12H17N/c1-5-12-11(7-6-9(2)3)8-10(4)13-12/h5-9,13H,1H2,2-4H3/b7-6-. The van der Waals surface area contributed by atoms with Crippen LogP contribution in [0.25, 0.3) is 12.2 Å². The SMILES string of the molecule is C=Cc1[nH]c(C)cc1/C=C\C(C)C. The van der Waals surface area contributed by atoms with E-state index in [0.29, 0.717) is 5.92 Å². The third-order valence-corrected chi connectivity index (χ3v) is 1.88. The van der Waals surface area contributed by atoms with Gasteiger partial charge >= 0.3 is 0 Å². The third-order valence-electron chi connectivity index (χ3n) is 1.88. The smallest absolute Gasteiger partial charge is 0.0449 e. The van der Waals surface area contributed by atoms with Gasteiger partial charge in [-0.25, -0.2) is 0 Å². The van der Waals surface area contributed by atoms with E-state index in [1.165, 1.54) is 11.3 Å². The van der Waals surface area contributed by atoms with Crippen LogP contribution in [0.15, 0.2) is 18.7 Å². The van der Waals surface area contributed by atoms with E-state index in [2.05, 4.69) is 50.6 Å². The molecule has 0 atom stereocenters. The Hall–Kier alpha value is -1.24. The highest BCUT2D eigenvalue weighted by Gasteiger charge is 1.98. The first-order valence-corrected chi connectivity index (χ1v) is 4.63. The van der Waals surface area contributed by atoms with Crippen molar-refractivity contribution < 1.29 is 0 Å². The molecule has 0 bridgehead atoms. The lowest BCUT2D eigenvalue weighted by molar-refractivity contribution is 0.836. The molecule has 0 radical (unpaired) electrons. The Bertz CT molecular complexity index is 316. The molecule has 1 N–H and O–H groups in total. The minimum atomic E-state index is 0.591. The van der Waals surface area contributed by atoms with Gasteiger partial charge in [0.15, 0.2) is 0 Å². The predicted molar refractivity (Wildman–Crippen MR) is 59.5 cm³/mol. The lowest BCUT2D eigenvalue weighted by atomic mass is 10.1. The Balaban J connectivity index is 2.93. The summed E-state index contributed by atoms with van der Waals surface area (Å²) in [6, 6.07) is 2.13. The summed E-state index contributed by atoms with van der Waals surface area (Å²) in [4.78, 5) is 3.25. The summed E-state index contributed by atoms with van der Waals surface area (Å²) < 4.78 is 0. The first kappa shape index (κ1) is 9.85. The van der Waals surface area contributed by atoms with Crippen LogP contribution in [0.2, 0.25) is 0 Å². The van der Waals surface area contributed by atoms with Crippen LogP contribution < -0.4 is 0 Å². The lowest BCUT2D eigenvalue weighted by Crippen LogP contribution is -1.78. The fourth-order valence-electron chi connectivity index (χ4n) is 1.23. The van der Waals surface area contributed by atoms with E-state index >= 15 is 0 Å². The van der Waals surface area contributed by atoms with Crippen LogP contribution >= 0.6 is 0 Å². The fourth-order valence-corrected chi connectivity index (χ4v) is 1.23. The molecule has 1 heteroatoms. The van der Waals surface area contributed by atoms with Gasteiger partial charge in [-0.05, 0) is 30.5 Å². The minimum Gasteiger partial charge on any atom is -0.359 e. The van der Waals surface area contributed by atoms with Crippen LogP contribution in [0, 0.1) is 12.8 Å². The Kier molecular flexibility index (Phi) is 3.13. The Morgan fingerprint density at radius 3 is 2.69 bits per heavy atom. The zero-order valence-corrected chi connectivity index (χ0v) is 8.59. The molecule has 0 saturated carbocycles. The van der Waals surface area contributed by atoms with Crippen LogP contribution in [-0.2, 0) is 0 Å². The topological polar surface area (TPSA) is 15.8 Å². The van der Waals surface area contributed by atoms with Crippen molar-refractivity contribution in [1.82, 2.24) is 4.98 Å². The monoisotopic (exact) mass is 175 g/mol. The van der Waals surface area contributed by atoms with Crippen molar-refractivity contribution in [2.24, 2.45) is 5.92 Å². The summed E-state index contributed by atoms with van der Waals surface area (Å²) in [7, 11) is 0. The first-order chi connectivity index (χ1) is 6.13. The number of allylic oxidation sites excluding steroid dienone is 1. The molecule has 0 aliphatic rings. The normalized spacial score (nSPS) is 11.4. The third kappa shape index (κ3) is 2.62. The molecule has 1 aromatic heterocycles. The van der Waals surface area contributed by atoms with Gasteiger partial charge in [-0.2, -0.15) is 0 Å². The van der Waals surface area contributed by atoms with Gasteiger partial charge < -0.3 is 4.98 Å². The van der Waals surface area contributed by atoms with Crippen LogP contribution in [0.3, 0.4) is 0 Å². The average molecular weight is 175 g/mol. The first-order valence-electron chi connectivity index (χ1n) is 4.63. The molecule has 0 saturated heterocycles. The number of H-pyrrole nitrogens is 1. The highest BCUT2D eigenvalue weighted by Crippen LogP contribution is 2.14. The quantitative estimate of drug-likeness (QED) is 0.722. The van der Waals surface area contributed by atoms with Crippen molar-refractivity contribution in [3.63, 3.8) is 0 Å². The molecule has 0 spiro atoms. The summed E-state index contributed by atoms with van der Waals surface area (Å²) in [5, 5.41) is 0. The summed E-state index contributed by atoms with van der Waals surface area (Å²) in [6.07, 6.45) is 6.19. The van der Waals surface area contributed by atoms with Gasteiger partial charge in [-0.3, -0.25) is 0 Å². The van der Waals surface area contributed by atoms with Gasteiger partial charge in [0, 0.05) is 11.4 Å². The average Bonchev–Trinajstić information content (AvgIpc) is 2.42. The minimum absolute atomic E-state index is 0.591. The molecule has 13 heavy (non-hydrogen) atoms. The molecule has 0 aliphatic heterocycles. The van der Waals surface area contributed by atoms with E-state index in [0.717, 1.165) is 5.69 Å². The van der Waals surface area contributed by atoms with Gasteiger partial charge in [0.1, 0.15) is 0 Å². The highest BCUT2D eigenvalue weighted by molar-refractivity contribution is 5.62. The molecule has 0 fully saturated rings. The van der Waals surface area contributed by atoms with E-state index in [9.17, 15) is 0 Å². The second-order valence-corrected chi connectivity index (χ2v) is 3.63. The van der Waals surface area contributed by atoms with Crippen molar-refractivity contribution >= 4 is 12.2 Å². The summed E-state index contributed by atoms with van der Waals surface area (Å²) in [5.74, 6) is 0.591. The zero-order valence-electron chi connectivity index (χ0n) is 8.59. The zero-order chi connectivity index (χ0) is 9.84. The van der Waals surface area contributed by atoms with Crippen molar-refractivity contribution in [3.8, 4) is 0 Å². The van der Waals surface area contributed by atoms with Crippen LogP contribution in [0.4, 0.5) is 0 Å². The number of aromatic nitrogens is 1. The molecule has 1 rings (SSSR count). The number of aryl methyl sites for hydroxylation is 1. The number of hydrogen-bond acceptors (Lipinski definition) is 0. The molecule has 70 valence electrons. The van der Waals surface area contributed by atoms with Crippen molar-refractivity contribution in [2.45, 2.75) is 20.8 Å².